The first kappa shape index (κ1) is 25.4. The maximum atomic E-state index is 13.6. The highest BCUT2D eigenvalue weighted by Gasteiger charge is 2.72. The van der Waals surface area contributed by atoms with E-state index >= 15 is 0 Å². The topological polar surface area (TPSA) is 99.2 Å². The normalized spacial score (nSPS) is 40.6. The molecule has 0 spiro atoms. The lowest BCUT2D eigenvalue weighted by molar-refractivity contribution is -0.176. The van der Waals surface area contributed by atoms with Gasteiger partial charge in [0, 0.05) is 18.4 Å². The highest BCUT2D eigenvalue weighted by atomic mass is 19.3. The Kier molecular flexibility index (Phi) is 5.91. The zero-order chi connectivity index (χ0) is 26.3. The maximum absolute atomic E-state index is 13.6. The smallest absolute Gasteiger partial charge is 0.310 e. The Morgan fingerprint density at radius 2 is 1.53 bits per heavy atom. The van der Waals surface area contributed by atoms with Crippen molar-refractivity contribution in [1.82, 2.24) is 4.90 Å². The molecule has 4 saturated carbocycles. The fourth-order valence-electron chi connectivity index (χ4n) is 8.18. The van der Waals surface area contributed by atoms with E-state index < -0.39 is 65.8 Å². The van der Waals surface area contributed by atoms with Crippen molar-refractivity contribution in [2.75, 3.05) is 13.7 Å². The van der Waals surface area contributed by atoms with Crippen LogP contribution in [0.3, 0.4) is 0 Å². The molecule has 4 bridgehead atoms. The van der Waals surface area contributed by atoms with E-state index in [1.807, 2.05) is 20.8 Å². The molecule has 1 amide bonds. The number of fused-ring (bicyclic) bond motifs is 3. The van der Waals surface area contributed by atoms with Crippen molar-refractivity contribution in [3.8, 4) is 0 Å². The number of carbonyl (C=O) groups excluding carboxylic acids is 4. The van der Waals surface area contributed by atoms with E-state index in [2.05, 4.69) is 0 Å². The van der Waals surface area contributed by atoms with Gasteiger partial charge in [0.15, 0.2) is 6.61 Å². The highest BCUT2D eigenvalue weighted by molar-refractivity contribution is 5.91. The second kappa shape index (κ2) is 8.38. The lowest BCUT2D eigenvalue weighted by Gasteiger charge is -2.41. The summed E-state index contributed by atoms with van der Waals surface area (Å²) in [5.74, 6) is -8.46. The third kappa shape index (κ3) is 3.81. The quantitative estimate of drug-likeness (QED) is 0.399. The average molecular weight is 512 g/mol. The second-order valence-electron chi connectivity index (χ2n) is 12.5. The summed E-state index contributed by atoms with van der Waals surface area (Å²) in [6.45, 7) is 5.40. The molecule has 0 aromatic heterocycles. The summed E-state index contributed by atoms with van der Waals surface area (Å²) in [5, 5.41) is 0. The summed E-state index contributed by atoms with van der Waals surface area (Å²) in [5.41, 5.74) is -0.538. The molecule has 1 saturated heterocycles. The van der Waals surface area contributed by atoms with Crippen LogP contribution >= 0.6 is 0 Å². The van der Waals surface area contributed by atoms with Gasteiger partial charge in [-0.15, -0.1) is 0 Å². The Balaban J connectivity index is 1.40. The van der Waals surface area contributed by atoms with Crippen LogP contribution in [0.1, 0.15) is 53.4 Å². The van der Waals surface area contributed by atoms with Gasteiger partial charge < -0.3 is 19.1 Å². The Morgan fingerprint density at radius 3 is 2.08 bits per heavy atom. The fraction of sp³-hybridized carbons (Fsp3) is 0.846. The lowest BCUT2D eigenvalue weighted by atomic mass is 9.77. The van der Waals surface area contributed by atoms with Crippen molar-refractivity contribution in [2.24, 2.45) is 47.3 Å². The van der Waals surface area contributed by atoms with Crippen LogP contribution in [0.25, 0.3) is 0 Å². The number of ether oxygens (including phenoxy) is 3. The van der Waals surface area contributed by atoms with Crippen LogP contribution in [-0.4, -0.2) is 66.0 Å². The predicted octanol–water partition coefficient (Wildman–Crippen LogP) is 2.82. The molecule has 200 valence electrons. The highest BCUT2D eigenvalue weighted by Crippen LogP contribution is 2.61. The zero-order valence-electron chi connectivity index (χ0n) is 21.4. The fourth-order valence-corrected chi connectivity index (χ4v) is 8.18. The number of amides is 1. The summed E-state index contributed by atoms with van der Waals surface area (Å²) in [6, 6.07) is -0.347. The van der Waals surface area contributed by atoms with E-state index in [0.29, 0.717) is 19.8 Å². The molecule has 0 N–H and O–H groups in total. The molecule has 0 aromatic rings. The molecule has 4 aliphatic carbocycles. The predicted molar refractivity (Wildman–Crippen MR) is 120 cm³/mol. The molecule has 5 fully saturated rings. The van der Waals surface area contributed by atoms with Crippen LogP contribution in [0, 0.1) is 47.3 Å². The van der Waals surface area contributed by atoms with Crippen LogP contribution in [-0.2, 0) is 33.4 Å². The molecular weight excluding hydrogens is 476 g/mol. The van der Waals surface area contributed by atoms with Crippen LogP contribution in [0.4, 0.5) is 8.78 Å². The summed E-state index contributed by atoms with van der Waals surface area (Å²) in [7, 11) is 1.29. The molecule has 0 aromatic carbocycles. The molecule has 1 aliphatic heterocycles. The molecule has 10 atom stereocenters. The number of alkyl halides is 2. The van der Waals surface area contributed by atoms with Gasteiger partial charge in [0.1, 0.15) is 6.10 Å². The van der Waals surface area contributed by atoms with E-state index in [-0.39, 0.29) is 35.6 Å². The Morgan fingerprint density at radius 1 is 0.917 bits per heavy atom. The zero-order valence-corrected chi connectivity index (χ0v) is 21.4. The van der Waals surface area contributed by atoms with Crippen molar-refractivity contribution in [2.45, 2.75) is 77.0 Å². The minimum absolute atomic E-state index is 0.0751. The summed E-state index contributed by atoms with van der Waals surface area (Å²) in [4.78, 5) is 54.4. The summed E-state index contributed by atoms with van der Waals surface area (Å²) >= 11 is 0. The molecule has 5 aliphatic rings. The Bertz CT molecular complexity index is 972. The maximum Gasteiger partial charge on any atom is 0.310 e. The van der Waals surface area contributed by atoms with E-state index in [0.717, 1.165) is 12.8 Å². The molecule has 5 rings (SSSR count). The largest absolute Gasteiger partial charge is 0.469 e. The first-order valence-corrected chi connectivity index (χ1v) is 12.9. The van der Waals surface area contributed by atoms with Crippen molar-refractivity contribution < 1.29 is 42.2 Å². The minimum Gasteiger partial charge on any atom is -0.469 e. The van der Waals surface area contributed by atoms with Gasteiger partial charge in [-0.2, -0.15) is 0 Å². The van der Waals surface area contributed by atoms with Gasteiger partial charge in [-0.1, -0.05) is 0 Å². The number of methoxy groups -OCH3 is 1. The minimum atomic E-state index is -3.16. The monoisotopic (exact) mass is 511 g/mol. The van der Waals surface area contributed by atoms with Crippen LogP contribution < -0.4 is 0 Å². The third-order valence-electron chi connectivity index (χ3n) is 9.25. The van der Waals surface area contributed by atoms with Gasteiger partial charge in [0.2, 0.25) is 5.91 Å². The van der Waals surface area contributed by atoms with E-state index in [1.165, 1.54) is 7.11 Å². The van der Waals surface area contributed by atoms with Crippen LogP contribution in [0.2, 0.25) is 0 Å². The Labute approximate surface area is 209 Å². The summed E-state index contributed by atoms with van der Waals surface area (Å²) < 4.78 is 42.7. The first-order valence-electron chi connectivity index (χ1n) is 12.9. The van der Waals surface area contributed by atoms with Crippen LogP contribution in [0.15, 0.2) is 0 Å². The van der Waals surface area contributed by atoms with Gasteiger partial charge >= 0.3 is 17.9 Å². The lowest BCUT2D eigenvalue weighted by Crippen LogP contribution is -2.53. The van der Waals surface area contributed by atoms with Crippen molar-refractivity contribution in [3.05, 3.63) is 0 Å². The summed E-state index contributed by atoms with van der Waals surface area (Å²) in [6.07, 6.45) is 2.05. The molecular formula is C26H35F2NO7. The standard InChI is InChI=1S/C26H35F2NO7/c1-25(2,3)29-19-13-9-14(18(22(31)34-5)17(13)21(29)30)20(19)36-24(33)16-12-7-6-11(8-12)15(16)23(32)35-10-26(4,27)28/h11-20H,6-10H2,1-5H3. The number of nitrogens with zero attached hydrogens (tertiary/aromatic N) is 1. The first-order chi connectivity index (χ1) is 16.7. The molecule has 36 heavy (non-hydrogen) atoms. The molecule has 10 heteroatoms. The number of esters is 3. The average Bonchev–Trinajstić information content (AvgIpc) is 3.56. The third-order valence-corrected chi connectivity index (χ3v) is 9.25. The van der Waals surface area contributed by atoms with Crippen molar-refractivity contribution in [3.63, 3.8) is 0 Å². The number of halogens is 2. The number of rotatable bonds is 6. The van der Waals surface area contributed by atoms with Gasteiger partial charge in [-0.25, -0.2) is 8.78 Å². The SMILES string of the molecule is COC(=O)C1C2CC3C1C(=O)N(C(C)(C)C)C3C2OC(=O)C1C2CCC(C2)C1C(=O)OCC(C)(F)F. The van der Waals surface area contributed by atoms with E-state index in [1.54, 1.807) is 4.90 Å². The molecule has 8 nitrogen and oxygen atoms in total. The Hall–Kier alpha value is -2.26. The van der Waals surface area contributed by atoms with Gasteiger partial charge in [-0.05, 0) is 64.2 Å². The number of hydrogen-bond acceptors (Lipinski definition) is 7. The number of likely N-dealkylation sites (tertiary alicyclic amines) is 1. The van der Waals surface area contributed by atoms with Crippen molar-refractivity contribution in [1.29, 1.82) is 0 Å². The number of carbonyl (C=O) groups is 4. The number of hydrogen-bond donors (Lipinski definition) is 0. The van der Waals surface area contributed by atoms with Gasteiger partial charge in [-0.3, -0.25) is 19.2 Å². The van der Waals surface area contributed by atoms with Gasteiger partial charge in [0.25, 0.3) is 5.92 Å². The molecule has 1 heterocycles. The molecule has 0 radical (unpaired) electrons. The second-order valence-corrected chi connectivity index (χ2v) is 12.5. The van der Waals surface area contributed by atoms with Gasteiger partial charge in [0.05, 0.1) is 36.8 Å². The van der Waals surface area contributed by atoms with Crippen molar-refractivity contribution >= 4 is 23.8 Å². The van der Waals surface area contributed by atoms with E-state index in [4.69, 9.17) is 14.2 Å². The molecule has 10 unspecified atom stereocenters. The van der Waals surface area contributed by atoms with Crippen LogP contribution in [0.5, 0.6) is 0 Å². The van der Waals surface area contributed by atoms with E-state index in [9.17, 15) is 28.0 Å².